The lowest BCUT2D eigenvalue weighted by Crippen LogP contribution is -2.37. The van der Waals surface area contributed by atoms with E-state index in [4.69, 9.17) is 17.2 Å². The van der Waals surface area contributed by atoms with Gasteiger partial charge in [-0.25, -0.2) is 0 Å². The molecule has 0 aliphatic carbocycles. The van der Waals surface area contributed by atoms with E-state index in [-0.39, 0.29) is 6.17 Å². The van der Waals surface area contributed by atoms with E-state index < -0.39 is 0 Å². The Balaban J connectivity index is 3.10. The van der Waals surface area contributed by atoms with Gasteiger partial charge in [-0.2, -0.15) is 0 Å². The third-order valence-electron chi connectivity index (χ3n) is 3.26. The molecule has 0 saturated carbocycles. The van der Waals surface area contributed by atoms with E-state index in [0.29, 0.717) is 0 Å². The minimum absolute atomic E-state index is 0.175. The Labute approximate surface area is 113 Å². The van der Waals surface area contributed by atoms with Crippen molar-refractivity contribution in [3.63, 3.8) is 0 Å². The van der Waals surface area contributed by atoms with E-state index in [2.05, 4.69) is 5.32 Å². The average molecular weight is 258 g/mol. The van der Waals surface area contributed by atoms with Crippen molar-refractivity contribution in [3.05, 3.63) is 0 Å². The van der Waals surface area contributed by atoms with Crippen LogP contribution in [0.2, 0.25) is 0 Å². The van der Waals surface area contributed by atoms with E-state index in [9.17, 15) is 0 Å². The van der Waals surface area contributed by atoms with Crippen LogP contribution in [0.5, 0.6) is 0 Å². The fourth-order valence-corrected chi connectivity index (χ4v) is 2.05. The highest BCUT2D eigenvalue weighted by Crippen LogP contribution is 2.05. The van der Waals surface area contributed by atoms with Crippen LogP contribution < -0.4 is 22.5 Å². The van der Waals surface area contributed by atoms with E-state index >= 15 is 0 Å². The van der Waals surface area contributed by atoms with Crippen LogP contribution in [0.3, 0.4) is 0 Å². The topological polar surface area (TPSA) is 90.1 Å². The molecule has 0 bridgehead atoms. The van der Waals surface area contributed by atoms with E-state index in [1.807, 2.05) is 0 Å². The highest BCUT2D eigenvalue weighted by Gasteiger charge is 2.00. The van der Waals surface area contributed by atoms with Crippen molar-refractivity contribution in [2.75, 3.05) is 19.6 Å². The van der Waals surface area contributed by atoms with Crippen LogP contribution in [-0.4, -0.2) is 25.8 Å². The number of hydrogen-bond donors (Lipinski definition) is 4. The second-order valence-corrected chi connectivity index (χ2v) is 5.11. The van der Waals surface area contributed by atoms with Crippen LogP contribution in [0.15, 0.2) is 0 Å². The molecule has 0 radical (unpaired) electrons. The third kappa shape index (κ3) is 13.9. The molecule has 18 heavy (non-hydrogen) atoms. The number of nitrogens with one attached hydrogen (secondary N) is 1. The van der Waals surface area contributed by atoms with Gasteiger partial charge in [0, 0.05) is 0 Å². The van der Waals surface area contributed by atoms with Gasteiger partial charge >= 0.3 is 0 Å². The molecule has 0 fully saturated rings. The maximum atomic E-state index is 6.00. The van der Waals surface area contributed by atoms with Crippen molar-refractivity contribution in [3.8, 4) is 0 Å². The summed E-state index contributed by atoms with van der Waals surface area (Å²) in [5.41, 5.74) is 16.9. The van der Waals surface area contributed by atoms with Gasteiger partial charge in [0.1, 0.15) is 0 Å². The SMILES string of the molecule is NCCCCCCCC(N)NCCCCCCN. The Morgan fingerprint density at radius 3 is 1.78 bits per heavy atom. The molecule has 110 valence electrons. The first-order chi connectivity index (χ1) is 8.81. The zero-order chi connectivity index (χ0) is 13.5. The number of nitrogens with two attached hydrogens (primary N) is 3. The summed E-state index contributed by atoms with van der Waals surface area (Å²) in [5.74, 6) is 0. The molecule has 0 aromatic heterocycles. The van der Waals surface area contributed by atoms with Crippen LogP contribution in [-0.2, 0) is 0 Å². The van der Waals surface area contributed by atoms with Crippen LogP contribution in [0.1, 0.15) is 64.2 Å². The largest absolute Gasteiger partial charge is 0.330 e. The van der Waals surface area contributed by atoms with Gasteiger partial charge in [-0.1, -0.05) is 38.5 Å². The first kappa shape index (κ1) is 17.8. The molecule has 0 spiro atoms. The highest BCUT2D eigenvalue weighted by molar-refractivity contribution is 4.59. The monoisotopic (exact) mass is 258 g/mol. The van der Waals surface area contributed by atoms with E-state index in [0.717, 1.165) is 38.9 Å². The van der Waals surface area contributed by atoms with Gasteiger partial charge in [-0.05, 0) is 45.3 Å². The smallest absolute Gasteiger partial charge is 0.0546 e. The quantitative estimate of drug-likeness (QED) is 0.282. The standard InChI is InChI=1S/C14H34N4/c15-11-7-3-1-2-6-10-14(17)18-13-9-5-4-8-12-16/h14,18H,1-13,15-17H2. The molecule has 7 N–H and O–H groups in total. The number of hydrogen-bond acceptors (Lipinski definition) is 4. The van der Waals surface area contributed by atoms with Crippen LogP contribution >= 0.6 is 0 Å². The summed E-state index contributed by atoms with van der Waals surface area (Å²) in [6.45, 7) is 2.68. The Morgan fingerprint density at radius 1 is 0.667 bits per heavy atom. The van der Waals surface area contributed by atoms with E-state index in [1.165, 1.54) is 44.9 Å². The first-order valence-corrected chi connectivity index (χ1v) is 7.70. The Bertz CT molecular complexity index is 137. The van der Waals surface area contributed by atoms with E-state index in [1.54, 1.807) is 0 Å². The lowest BCUT2D eigenvalue weighted by molar-refractivity contribution is 0.453. The van der Waals surface area contributed by atoms with Crippen molar-refractivity contribution in [2.45, 2.75) is 70.4 Å². The second-order valence-electron chi connectivity index (χ2n) is 5.11. The molecule has 0 heterocycles. The van der Waals surface area contributed by atoms with Gasteiger partial charge in [0.25, 0.3) is 0 Å². The Kier molecular flexibility index (Phi) is 14.8. The maximum absolute atomic E-state index is 6.00. The molecule has 0 aliphatic rings. The Hall–Kier alpha value is -0.160. The third-order valence-corrected chi connectivity index (χ3v) is 3.26. The Morgan fingerprint density at radius 2 is 1.17 bits per heavy atom. The molecular formula is C14H34N4. The zero-order valence-electron chi connectivity index (χ0n) is 12.0. The highest BCUT2D eigenvalue weighted by atomic mass is 15.0. The second kappa shape index (κ2) is 14.9. The van der Waals surface area contributed by atoms with Crippen LogP contribution in [0.4, 0.5) is 0 Å². The summed E-state index contributed by atoms with van der Waals surface area (Å²) in [6.07, 6.45) is 12.4. The van der Waals surface area contributed by atoms with Crippen LogP contribution in [0, 0.1) is 0 Å². The molecule has 0 aromatic carbocycles. The molecule has 0 rings (SSSR count). The predicted molar refractivity (Wildman–Crippen MR) is 80.3 cm³/mol. The molecule has 0 aromatic rings. The number of unbranched alkanes of at least 4 members (excludes halogenated alkanes) is 7. The normalized spacial score (nSPS) is 12.8. The average Bonchev–Trinajstić information content (AvgIpc) is 2.38. The molecule has 0 aliphatic heterocycles. The molecule has 4 heteroatoms. The summed E-state index contributed by atoms with van der Waals surface area (Å²) < 4.78 is 0. The van der Waals surface area contributed by atoms with Crippen molar-refractivity contribution < 1.29 is 0 Å². The van der Waals surface area contributed by atoms with Crippen LogP contribution in [0.25, 0.3) is 0 Å². The summed E-state index contributed by atoms with van der Waals surface area (Å²) in [7, 11) is 0. The van der Waals surface area contributed by atoms with Gasteiger partial charge in [-0.15, -0.1) is 0 Å². The van der Waals surface area contributed by atoms with Crippen molar-refractivity contribution >= 4 is 0 Å². The minimum atomic E-state index is 0.175. The van der Waals surface area contributed by atoms with Crippen molar-refractivity contribution in [2.24, 2.45) is 17.2 Å². The summed E-state index contributed by atoms with van der Waals surface area (Å²) in [5, 5.41) is 3.39. The fraction of sp³-hybridized carbons (Fsp3) is 1.00. The molecular weight excluding hydrogens is 224 g/mol. The summed E-state index contributed by atoms with van der Waals surface area (Å²) in [4.78, 5) is 0. The zero-order valence-corrected chi connectivity index (χ0v) is 12.0. The molecule has 1 unspecified atom stereocenters. The number of rotatable bonds is 14. The predicted octanol–water partition coefficient (Wildman–Crippen LogP) is 1.68. The summed E-state index contributed by atoms with van der Waals surface area (Å²) >= 11 is 0. The molecule has 0 amide bonds. The lowest BCUT2D eigenvalue weighted by Gasteiger charge is -2.13. The van der Waals surface area contributed by atoms with Gasteiger partial charge in [0.05, 0.1) is 6.17 Å². The molecule has 1 atom stereocenters. The van der Waals surface area contributed by atoms with Gasteiger partial charge < -0.3 is 22.5 Å². The molecule has 4 nitrogen and oxygen atoms in total. The summed E-state index contributed by atoms with van der Waals surface area (Å²) in [6, 6.07) is 0. The fourth-order valence-electron chi connectivity index (χ4n) is 2.05. The maximum Gasteiger partial charge on any atom is 0.0546 e. The lowest BCUT2D eigenvalue weighted by atomic mass is 10.1. The van der Waals surface area contributed by atoms with Gasteiger partial charge in [0.2, 0.25) is 0 Å². The molecule has 0 saturated heterocycles. The minimum Gasteiger partial charge on any atom is -0.330 e. The van der Waals surface area contributed by atoms with Gasteiger partial charge in [0.15, 0.2) is 0 Å². The van der Waals surface area contributed by atoms with Gasteiger partial charge in [-0.3, -0.25) is 0 Å². The van der Waals surface area contributed by atoms with Crippen molar-refractivity contribution in [1.29, 1.82) is 0 Å². The first-order valence-electron chi connectivity index (χ1n) is 7.70. The van der Waals surface area contributed by atoms with Crippen molar-refractivity contribution in [1.82, 2.24) is 5.32 Å².